The van der Waals surface area contributed by atoms with Crippen LogP contribution in [0.1, 0.15) is 44.9 Å². The summed E-state index contributed by atoms with van der Waals surface area (Å²) in [5, 5.41) is 3.40. The van der Waals surface area contributed by atoms with Crippen LogP contribution in [-0.2, 0) is 9.53 Å². The molecule has 0 aliphatic carbocycles. The number of rotatable bonds is 10. The van der Waals surface area contributed by atoms with Gasteiger partial charge in [-0.2, -0.15) is 0 Å². The largest absolute Gasteiger partial charge is 0.376 e. The molecule has 0 aromatic rings. The summed E-state index contributed by atoms with van der Waals surface area (Å²) in [4.78, 5) is 20.0. The predicted octanol–water partition coefficient (Wildman–Crippen LogP) is 2.89. The van der Waals surface area contributed by atoms with Crippen LogP contribution in [0.5, 0.6) is 0 Å². The van der Waals surface area contributed by atoms with Crippen molar-refractivity contribution in [3.05, 3.63) is 12.7 Å². The molecule has 0 radical (unpaired) electrons. The van der Waals surface area contributed by atoms with Gasteiger partial charge in [-0.3, -0.25) is 4.79 Å². The van der Waals surface area contributed by atoms with Crippen molar-refractivity contribution in [1.29, 1.82) is 0 Å². The lowest BCUT2D eigenvalue weighted by atomic mass is 10.1. The molecule has 0 aromatic carbocycles. The number of unbranched alkanes of at least 4 members (excludes halogenated alkanes) is 3. The summed E-state index contributed by atoms with van der Waals surface area (Å²) in [6.45, 7) is 6.44. The molecule has 0 aromatic heterocycles. The van der Waals surface area contributed by atoms with Crippen LogP contribution in [0.2, 0.25) is 0 Å². The highest BCUT2D eigenvalue weighted by Gasteiger charge is 2.16. The third kappa shape index (κ3) is 11.0. The van der Waals surface area contributed by atoms with Crippen molar-refractivity contribution in [2.45, 2.75) is 51.0 Å². The minimum Gasteiger partial charge on any atom is -0.376 e. The zero-order valence-corrected chi connectivity index (χ0v) is 19.0. The number of hydrogen-bond donors (Lipinski definition) is 1. The van der Waals surface area contributed by atoms with Crippen molar-refractivity contribution in [2.75, 3.05) is 47.4 Å². The van der Waals surface area contributed by atoms with Crippen LogP contribution in [0.3, 0.4) is 0 Å². The van der Waals surface area contributed by atoms with E-state index in [2.05, 4.69) is 21.8 Å². The van der Waals surface area contributed by atoms with Crippen LogP contribution in [0.4, 0.5) is 0 Å². The van der Waals surface area contributed by atoms with Crippen molar-refractivity contribution in [3.8, 4) is 0 Å². The van der Waals surface area contributed by atoms with Gasteiger partial charge in [0, 0.05) is 40.8 Å². The van der Waals surface area contributed by atoms with Gasteiger partial charge in [-0.1, -0.05) is 12.5 Å². The molecule has 1 atom stereocenters. The van der Waals surface area contributed by atoms with Crippen molar-refractivity contribution in [2.24, 2.45) is 4.99 Å². The maximum atomic E-state index is 11.8. The molecule has 1 rings (SSSR count). The Labute approximate surface area is 176 Å². The van der Waals surface area contributed by atoms with E-state index in [-0.39, 0.29) is 42.5 Å². The molecule has 1 heterocycles. The van der Waals surface area contributed by atoms with Gasteiger partial charge in [0.25, 0.3) is 0 Å². The summed E-state index contributed by atoms with van der Waals surface area (Å²) in [7, 11) is 5.54. The molecule has 1 fully saturated rings. The van der Waals surface area contributed by atoms with Gasteiger partial charge in [0.2, 0.25) is 5.91 Å². The quantitative estimate of drug-likeness (QED) is 0.172. The summed E-state index contributed by atoms with van der Waals surface area (Å²) >= 11 is 0. The smallest absolute Gasteiger partial charge is 0.243 e. The Kier molecular flexibility index (Phi) is 14.8. The maximum Gasteiger partial charge on any atom is 0.243 e. The number of ether oxygens (including phenoxy) is 1. The molecule has 1 saturated heterocycles. The van der Waals surface area contributed by atoms with Gasteiger partial charge in [0.1, 0.15) is 6.54 Å². The average molecular weight is 480 g/mol. The normalized spacial score (nSPS) is 17.2. The van der Waals surface area contributed by atoms with Crippen LogP contribution >= 0.6 is 24.0 Å². The van der Waals surface area contributed by atoms with E-state index in [4.69, 9.17) is 4.74 Å². The van der Waals surface area contributed by atoms with E-state index in [1.807, 2.05) is 13.1 Å². The second-order valence-corrected chi connectivity index (χ2v) is 6.86. The number of carbonyl (C=O) groups is 1. The van der Waals surface area contributed by atoms with Crippen molar-refractivity contribution < 1.29 is 9.53 Å². The first-order chi connectivity index (χ1) is 12.0. The first-order valence-corrected chi connectivity index (χ1v) is 9.46. The molecule has 1 unspecified atom stereocenters. The van der Waals surface area contributed by atoms with Crippen molar-refractivity contribution in [3.63, 3.8) is 0 Å². The molecule has 0 spiro atoms. The Morgan fingerprint density at radius 3 is 2.65 bits per heavy atom. The summed E-state index contributed by atoms with van der Waals surface area (Å²) < 4.78 is 5.78. The Morgan fingerprint density at radius 2 is 2.04 bits per heavy atom. The number of allylic oxidation sites excluding steroid dienone is 1. The third-order valence-electron chi connectivity index (χ3n) is 4.39. The van der Waals surface area contributed by atoms with Gasteiger partial charge in [-0.15, -0.1) is 30.6 Å². The molecule has 1 amide bonds. The zero-order chi connectivity index (χ0) is 18.5. The molecule has 6 nitrogen and oxygen atoms in total. The third-order valence-corrected chi connectivity index (χ3v) is 4.39. The number of guanidine groups is 1. The molecule has 26 heavy (non-hydrogen) atoms. The van der Waals surface area contributed by atoms with Crippen LogP contribution in [-0.4, -0.2) is 75.2 Å². The topological polar surface area (TPSA) is 57.2 Å². The fourth-order valence-electron chi connectivity index (χ4n) is 2.69. The lowest BCUT2D eigenvalue weighted by molar-refractivity contribution is -0.127. The van der Waals surface area contributed by atoms with Gasteiger partial charge in [0.15, 0.2) is 5.96 Å². The highest BCUT2D eigenvalue weighted by atomic mass is 127. The van der Waals surface area contributed by atoms with Gasteiger partial charge in [-0.25, -0.2) is 4.99 Å². The average Bonchev–Trinajstić information content (AvgIpc) is 2.61. The van der Waals surface area contributed by atoms with Crippen LogP contribution in [0.25, 0.3) is 0 Å². The lowest BCUT2D eigenvalue weighted by Gasteiger charge is -2.27. The summed E-state index contributed by atoms with van der Waals surface area (Å²) in [6.07, 6.45) is 10.2. The second kappa shape index (κ2) is 15.2. The molecular weight excluding hydrogens is 443 g/mol. The van der Waals surface area contributed by atoms with E-state index in [1.165, 1.54) is 19.3 Å². The van der Waals surface area contributed by atoms with Gasteiger partial charge < -0.3 is 19.9 Å². The monoisotopic (exact) mass is 480 g/mol. The number of halogens is 1. The SMILES string of the molecule is C=CCCCCCN(C)C(=NCC(=O)N(C)C)NCC1CCCCO1.I. The minimum absolute atomic E-state index is 0. The van der Waals surface area contributed by atoms with Crippen LogP contribution in [0.15, 0.2) is 17.6 Å². The first kappa shape index (κ1) is 25.2. The number of aliphatic imine (C=N–C) groups is 1. The van der Waals surface area contributed by atoms with Crippen LogP contribution in [0, 0.1) is 0 Å². The molecule has 0 bridgehead atoms. The predicted molar refractivity (Wildman–Crippen MR) is 119 cm³/mol. The maximum absolute atomic E-state index is 11.8. The Morgan fingerprint density at radius 1 is 1.27 bits per heavy atom. The number of amides is 1. The Hall–Kier alpha value is -0.830. The number of nitrogens with one attached hydrogen (secondary N) is 1. The number of likely N-dealkylation sites (N-methyl/N-ethyl adjacent to an activating group) is 1. The molecule has 0 saturated carbocycles. The molecule has 7 heteroatoms. The molecule has 1 aliphatic rings. The standard InChI is InChI=1S/C19H36N4O2.HI/c1-5-6-7-8-10-13-23(4)19(21-16-18(24)22(2)3)20-15-17-12-9-11-14-25-17;/h5,17H,1,6-16H2,2-4H3,(H,20,21);1H. The number of nitrogens with zero attached hydrogens (tertiary/aromatic N) is 3. The lowest BCUT2D eigenvalue weighted by Crippen LogP contribution is -2.44. The van der Waals surface area contributed by atoms with E-state index in [0.717, 1.165) is 51.3 Å². The summed E-state index contributed by atoms with van der Waals surface area (Å²) in [5.74, 6) is 0.792. The van der Waals surface area contributed by atoms with E-state index < -0.39 is 0 Å². The number of hydrogen-bond acceptors (Lipinski definition) is 3. The van der Waals surface area contributed by atoms with Gasteiger partial charge in [0.05, 0.1) is 6.10 Å². The molecule has 1 aliphatic heterocycles. The van der Waals surface area contributed by atoms with E-state index in [0.29, 0.717) is 0 Å². The second-order valence-electron chi connectivity index (χ2n) is 6.86. The van der Waals surface area contributed by atoms with E-state index in [1.54, 1.807) is 19.0 Å². The van der Waals surface area contributed by atoms with Crippen molar-refractivity contribution in [1.82, 2.24) is 15.1 Å². The highest BCUT2D eigenvalue weighted by Crippen LogP contribution is 2.11. The Balaban J connectivity index is 0.00000625. The first-order valence-electron chi connectivity index (χ1n) is 9.46. The molecular formula is C19H37IN4O2. The van der Waals surface area contributed by atoms with Crippen molar-refractivity contribution >= 4 is 35.8 Å². The molecule has 152 valence electrons. The highest BCUT2D eigenvalue weighted by molar-refractivity contribution is 14.0. The summed E-state index contributed by atoms with van der Waals surface area (Å²) in [5.41, 5.74) is 0. The fourth-order valence-corrected chi connectivity index (χ4v) is 2.69. The summed E-state index contributed by atoms with van der Waals surface area (Å²) in [6, 6.07) is 0. The van der Waals surface area contributed by atoms with E-state index >= 15 is 0 Å². The Bertz CT molecular complexity index is 424. The number of carbonyl (C=O) groups excluding carboxylic acids is 1. The zero-order valence-electron chi connectivity index (χ0n) is 16.7. The van der Waals surface area contributed by atoms with Crippen LogP contribution < -0.4 is 5.32 Å². The fraction of sp³-hybridized carbons (Fsp3) is 0.789. The minimum atomic E-state index is 0. The molecule has 1 N–H and O–H groups in total. The van der Waals surface area contributed by atoms with E-state index in [9.17, 15) is 4.79 Å². The van der Waals surface area contributed by atoms with Gasteiger partial charge >= 0.3 is 0 Å². The van der Waals surface area contributed by atoms with Gasteiger partial charge in [-0.05, 0) is 38.5 Å².